The van der Waals surface area contributed by atoms with Crippen molar-refractivity contribution in [3.05, 3.63) is 18.0 Å². The monoisotopic (exact) mass is 207 g/mol. The molecule has 84 valence electrons. The van der Waals surface area contributed by atoms with Gasteiger partial charge in [-0.15, -0.1) is 0 Å². The Morgan fingerprint density at radius 3 is 2.93 bits per heavy atom. The molecule has 1 heterocycles. The van der Waals surface area contributed by atoms with Crippen molar-refractivity contribution in [1.29, 1.82) is 0 Å². The molecular formula is C12H21N3. The first-order chi connectivity index (χ1) is 7.29. The van der Waals surface area contributed by atoms with E-state index in [0.29, 0.717) is 6.04 Å². The van der Waals surface area contributed by atoms with Crippen molar-refractivity contribution in [2.75, 3.05) is 0 Å². The highest BCUT2D eigenvalue weighted by atomic mass is 15.3. The third kappa shape index (κ3) is 2.59. The number of hydrogen-bond donors (Lipinski definition) is 1. The van der Waals surface area contributed by atoms with Gasteiger partial charge in [0.1, 0.15) is 0 Å². The molecule has 3 heteroatoms. The van der Waals surface area contributed by atoms with Crippen LogP contribution in [0.4, 0.5) is 0 Å². The molecule has 0 aromatic carbocycles. The van der Waals surface area contributed by atoms with Gasteiger partial charge in [0, 0.05) is 12.2 Å². The van der Waals surface area contributed by atoms with Crippen LogP contribution in [0.1, 0.15) is 50.6 Å². The Balaban J connectivity index is 1.97. The van der Waals surface area contributed by atoms with E-state index in [-0.39, 0.29) is 6.04 Å². The van der Waals surface area contributed by atoms with Crippen molar-refractivity contribution in [2.24, 2.45) is 5.73 Å². The molecule has 1 atom stereocenters. The average molecular weight is 207 g/mol. The van der Waals surface area contributed by atoms with E-state index in [0.717, 1.165) is 12.8 Å². The third-order valence-corrected chi connectivity index (χ3v) is 3.38. The number of aromatic nitrogens is 2. The summed E-state index contributed by atoms with van der Waals surface area (Å²) in [6, 6.07) is 0.933. The summed E-state index contributed by atoms with van der Waals surface area (Å²) in [5, 5.41) is 4.45. The molecular weight excluding hydrogens is 186 g/mol. The van der Waals surface area contributed by atoms with Crippen LogP contribution in [0.15, 0.2) is 12.4 Å². The summed E-state index contributed by atoms with van der Waals surface area (Å²) in [4.78, 5) is 0. The third-order valence-electron chi connectivity index (χ3n) is 3.38. The van der Waals surface area contributed by atoms with E-state index in [9.17, 15) is 0 Å². The minimum absolute atomic E-state index is 0.284. The fourth-order valence-electron chi connectivity index (χ4n) is 2.30. The highest BCUT2D eigenvalue weighted by molar-refractivity contribution is 5.06. The molecule has 1 fully saturated rings. The highest BCUT2D eigenvalue weighted by Gasteiger charge is 2.17. The van der Waals surface area contributed by atoms with E-state index >= 15 is 0 Å². The fraction of sp³-hybridized carbons (Fsp3) is 0.750. The molecule has 1 unspecified atom stereocenters. The zero-order valence-corrected chi connectivity index (χ0v) is 9.52. The number of hydrogen-bond acceptors (Lipinski definition) is 2. The normalized spacial score (nSPS) is 19.6. The first kappa shape index (κ1) is 10.7. The molecule has 0 radical (unpaired) electrons. The van der Waals surface area contributed by atoms with Gasteiger partial charge in [-0.2, -0.15) is 5.10 Å². The summed E-state index contributed by atoms with van der Waals surface area (Å²) < 4.78 is 2.14. The quantitative estimate of drug-likeness (QED) is 0.823. The minimum atomic E-state index is 0.284. The molecule has 1 aliphatic carbocycles. The molecule has 3 nitrogen and oxygen atoms in total. The van der Waals surface area contributed by atoms with E-state index in [4.69, 9.17) is 5.73 Å². The van der Waals surface area contributed by atoms with E-state index in [1.54, 1.807) is 0 Å². The molecule has 15 heavy (non-hydrogen) atoms. The Morgan fingerprint density at radius 1 is 1.53 bits per heavy atom. The van der Waals surface area contributed by atoms with Crippen LogP contribution in [0, 0.1) is 0 Å². The summed E-state index contributed by atoms with van der Waals surface area (Å²) in [6.07, 6.45) is 11.5. The van der Waals surface area contributed by atoms with Crippen LogP contribution < -0.4 is 5.73 Å². The van der Waals surface area contributed by atoms with Gasteiger partial charge in [0.25, 0.3) is 0 Å². The molecule has 1 aromatic heterocycles. The molecule has 1 aromatic rings. The summed E-state index contributed by atoms with van der Waals surface area (Å²) >= 11 is 0. The standard InChI is InChI=1S/C12H21N3/c1-2-11(13)7-10-8-14-15(9-10)12-5-3-4-6-12/h8-9,11-12H,2-7,13H2,1H3. The van der Waals surface area contributed by atoms with Gasteiger partial charge in [0.05, 0.1) is 12.2 Å². The lowest BCUT2D eigenvalue weighted by molar-refractivity contribution is 0.466. The predicted octanol–water partition coefficient (Wildman–Crippen LogP) is 2.28. The van der Waals surface area contributed by atoms with Crippen LogP contribution >= 0.6 is 0 Å². The smallest absolute Gasteiger partial charge is 0.0522 e. The van der Waals surface area contributed by atoms with E-state index in [1.165, 1.54) is 31.2 Å². The highest BCUT2D eigenvalue weighted by Crippen LogP contribution is 2.28. The second kappa shape index (κ2) is 4.79. The van der Waals surface area contributed by atoms with Gasteiger partial charge in [-0.3, -0.25) is 4.68 Å². The Kier molecular flexibility index (Phi) is 3.41. The summed E-state index contributed by atoms with van der Waals surface area (Å²) in [5.41, 5.74) is 7.22. The van der Waals surface area contributed by atoms with Crippen LogP contribution in [0.25, 0.3) is 0 Å². The Bertz CT molecular complexity index is 300. The second-order valence-electron chi connectivity index (χ2n) is 4.64. The predicted molar refractivity (Wildman–Crippen MR) is 61.7 cm³/mol. The molecule has 2 rings (SSSR count). The largest absolute Gasteiger partial charge is 0.327 e. The number of rotatable bonds is 4. The number of nitrogens with two attached hydrogens (primary N) is 1. The zero-order chi connectivity index (χ0) is 10.7. The SMILES string of the molecule is CCC(N)Cc1cnn(C2CCCC2)c1. The molecule has 2 N–H and O–H groups in total. The average Bonchev–Trinajstić information content (AvgIpc) is 2.85. The molecule has 1 saturated carbocycles. The van der Waals surface area contributed by atoms with Crippen molar-refractivity contribution in [3.8, 4) is 0 Å². The van der Waals surface area contributed by atoms with Gasteiger partial charge in [-0.05, 0) is 31.2 Å². The minimum Gasteiger partial charge on any atom is -0.327 e. The van der Waals surface area contributed by atoms with Gasteiger partial charge >= 0.3 is 0 Å². The van der Waals surface area contributed by atoms with Crippen LogP contribution in [-0.4, -0.2) is 15.8 Å². The maximum atomic E-state index is 5.93. The lowest BCUT2D eigenvalue weighted by Crippen LogP contribution is -2.21. The van der Waals surface area contributed by atoms with E-state index in [2.05, 4.69) is 22.9 Å². The second-order valence-corrected chi connectivity index (χ2v) is 4.64. The van der Waals surface area contributed by atoms with Gasteiger partial charge in [-0.25, -0.2) is 0 Å². The fourth-order valence-corrected chi connectivity index (χ4v) is 2.30. The van der Waals surface area contributed by atoms with Crippen molar-refractivity contribution in [1.82, 2.24) is 9.78 Å². The molecule has 0 aliphatic heterocycles. The summed E-state index contributed by atoms with van der Waals surface area (Å²) in [6.45, 7) is 2.13. The topological polar surface area (TPSA) is 43.8 Å². The summed E-state index contributed by atoms with van der Waals surface area (Å²) in [5.74, 6) is 0. The Morgan fingerprint density at radius 2 is 2.27 bits per heavy atom. The van der Waals surface area contributed by atoms with Crippen LogP contribution in [0.5, 0.6) is 0 Å². The van der Waals surface area contributed by atoms with E-state index < -0.39 is 0 Å². The molecule has 1 aliphatic rings. The first-order valence-electron chi connectivity index (χ1n) is 6.08. The molecule has 0 spiro atoms. The lowest BCUT2D eigenvalue weighted by Gasteiger charge is -2.09. The zero-order valence-electron chi connectivity index (χ0n) is 9.52. The Labute approximate surface area is 91.7 Å². The maximum absolute atomic E-state index is 5.93. The summed E-state index contributed by atoms with van der Waals surface area (Å²) in [7, 11) is 0. The van der Waals surface area contributed by atoms with Crippen LogP contribution in [0.2, 0.25) is 0 Å². The van der Waals surface area contributed by atoms with Gasteiger partial charge in [0.2, 0.25) is 0 Å². The van der Waals surface area contributed by atoms with Crippen molar-refractivity contribution >= 4 is 0 Å². The molecule has 0 bridgehead atoms. The first-order valence-corrected chi connectivity index (χ1v) is 6.08. The lowest BCUT2D eigenvalue weighted by atomic mass is 10.1. The van der Waals surface area contributed by atoms with E-state index in [1.807, 2.05) is 6.20 Å². The van der Waals surface area contributed by atoms with Crippen LogP contribution in [-0.2, 0) is 6.42 Å². The molecule has 0 saturated heterocycles. The Hall–Kier alpha value is -0.830. The van der Waals surface area contributed by atoms with Gasteiger partial charge in [0.15, 0.2) is 0 Å². The maximum Gasteiger partial charge on any atom is 0.0522 e. The van der Waals surface area contributed by atoms with Crippen molar-refractivity contribution in [2.45, 2.75) is 57.5 Å². The van der Waals surface area contributed by atoms with Gasteiger partial charge in [-0.1, -0.05) is 19.8 Å². The van der Waals surface area contributed by atoms with Crippen molar-refractivity contribution in [3.63, 3.8) is 0 Å². The number of nitrogens with zero attached hydrogens (tertiary/aromatic N) is 2. The van der Waals surface area contributed by atoms with Crippen molar-refractivity contribution < 1.29 is 0 Å². The molecule has 0 amide bonds. The van der Waals surface area contributed by atoms with Crippen LogP contribution in [0.3, 0.4) is 0 Å². The van der Waals surface area contributed by atoms with Gasteiger partial charge < -0.3 is 5.73 Å².